The van der Waals surface area contributed by atoms with Crippen LogP contribution in [-0.2, 0) is 4.74 Å². The molecule has 90 valence electrons. The second-order valence-electron chi connectivity index (χ2n) is 3.72. The van der Waals surface area contributed by atoms with Gasteiger partial charge in [-0.3, -0.25) is 0 Å². The van der Waals surface area contributed by atoms with E-state index in [-0.39, 0.29) is 0 Å². The topological polar surface area (TPSA) is 21.3 Å². The molecule has 1 atom stereocenters. The zero-order valence-corrected chi connectivity index (χ0v) is 11.6. The first-order valence-corrected chi connectivity index (χ1v) is 6.63. The van der Waals surface area contributed by atoms with Gasteiger partial charge < -0.3 is 10.1 Å². The van der Waals surface area contributed by atoms with Gasteiger partial charge in [-0.1, -0.05) is 35.0 Å². The Labute approximate surface area is 107 Å². The van der Waals surface area contributed by atoms with E-state index in [1.54, 1.807) is 0 Å². The fourth-order valence-corrected chi connectivity index (χ4v) is 1.79. The van der Waals surface area contributed by atoms with Gasteiger partial charge in [0.2, 0.25) is 0 Å². The smallest absolute Gasteiger partial charge is 0.0661 e. The molecule has 16 heavy (non-hydrogen) atoms. The molecule has 1 unspecified atom stereocenters. The Balaban J connectivity index is 2.62. The Kier molecular flexibility index (Phi) is 6.69. The van der Waals surface area contributed by atoms with Gasteiger partial charge in [0.1, 0.15) is 0 Å². The van der Waals surface area contributed by atoms with E-state index in [2.05, 4.69) is 52.4 Å². The Hall–Kier alpha value is -0.380. The fourth-order valence-electron chi connectivity index (χ4n) is 1.52. The number of rotatable bonds is 7. The maximum absolute atomic E-state index is 5.50. The predicted molar refractivity (Wildman–Crippen MR) is 71.7 cm³/mol. The van der Waals surface area contributed by atoms with Crippen LogP contribution in [0.5, 0.6) is 0 Å². The van der Waals surface area contributed by atoms with Gasteiger partial charge in [0.05, 0.1) is 12.6 Å². The van der Waals surface area contributed by atoms with Crippen LogP contribution >= 0.6 is 15.9 Å². The summed E-state index contributed by atoms with van der Waals surface area (Å²) >= 11 is 3.45. The minimum absolute atomic E-state index is 0.299. The molecule has 0 aliphatic carbocycles. The van der Waals surface area contributed by atoms with Gasteiger partial charge in [-0.15, -0.1) is 0 Å². The molecule has 0 saturated heterocycles. The molecular weight excluding hydrogens is 266 g/mol. The molecule has 0 aromatic heterocycles. The van der Waals surface area contributed by atoms with Gasteiger partial charge in [0.25, 0.3) is 0 Å². The van der Waals surface area contributed by atoms with E-state index in [4.69, 9.17) is 4.74 Å². The van der Waals surface area contributed by atoms with Gasteiger partial charge in [-0.25, -0.2) is 0 Å². The number of benzene rings is 1. The second-order valence-corrected chi connectivity index (χ2v) is 4.63. The van der Waals surface area contributed by atoms with Crippen LogP contribution < -0.4 is 5.32 Å². The van der Waals surface area contributed by atoms with E-state index >= 15 is 0 Å². The molecule has 1 N–H and O–H groups in total. The standard InChI is InChI=1S/C13H20BrNO/c1-3-9-15-13(10-16-4-2)11-5-7-12(14)8-6-11/h5-8,13,15H,3-4,9-10H2,1-2H3. The summed E-state index contributed by atoms with van der Waals surface area (Å²) < 4.78 is 6.62. The SMILES string of the molecule is CCCNC(COCC)c1ccc(Br)cc1. The molecular formula is C13H20BrNO. The average Bonchev–Trinajstić information content (AvgIpc) is 2.31. The summed E-state index contributed by atoms with van der Waals surface area (Å²) in [4.78, 5) is 0. The lowest BCUT2D eigenvalue weighted by atomic mass is 10.1. The van der Waals surface area contributed by atoms with Crippen molar-refractivity contribution in [2.45, 2.75) is 26.3 Å². The van der Waals surface area contributed by atoms with E-state index in [9.17, 15) is 0 Å². The lowest BCUT2D eigenvalue weighted by Gasteiger charge is -2.18. The summed E-state index contributed by atoms with van der Waals surface area (Å²) in [5, 5.41) is 3.50. The van der Waals surface area contributed by atoms with Crippen molar-refractivity contribution in [3.63, 3.8) is 0 Å². The molecule has 0 fully saturated rings. The van der Waals surface area contributed by atoms with Crippen LogP contribution in [0.1, 0.15) is 31.9 Å². The van der Waals surface area contributed by atoms with Crippen molar-refractivity contribution in [2.24, 2.45) is 0 Å². The molecule has 1 aromatic rings. The lowest BCUT2D eigenvalue weighted by Crippen LogP contribution is -2.26. The van der Waals surface area contributed by atoms with Gasteiger partial charge in [-0.2, -0.15) is 0 Å². The lowest BCUT2D eigenvalue weighted by molar-refractivity contribution is 0.123. The van der Waals surface area contributed by atoms with E-state index in [0.717, 1.165) is 30.7 Å². The molecule has 0 aliphatic rings. The summed E-state index contributed by atoms with van der Waals surface area (Å²) in [6.45, 7) is 6.72. The summed E-state index contributed by atoms with van der Waals surface area (Å²) in [7, 11) is 0. The van der Waals surface area contributed by atoms with Gasteiger partial charge >= 0.3 is 0 Å². The predicted octanol–water partition coefficient (Wildman–Crippen LogP) is 3.53. The second kappa shape index (κ2) is 7.82. The van der Waals surface area contributed by atoms with Crippen molar-refractivity contribution in [1.29, 1.82) is 0 Å². The number of hydrogen-bond acceptors (Lipinski definition) is 2. The summed E-state index contributed by atoms with van der Waals surface area (Å²) in [5.74, 6) is 0. The van der Waals surface area contributed by atoms with Crippen molar-refractivity contribution < 1.29 is 4.74 Å². The summed E-state index contributed by atoms with van der Waals surface area (Å²) in [5.41, 5.74) is 1.28. The number of halogens is 1. The van der Waals surface area contributed by atoms with Gasteiger partial charge in [-0.05, 0) is 37.6 Å². The summed E-state index contributed by atoms with van der Waals surface area (Å²) in [6.07, 6.45) is 1.14. The highest BCUT2D eigenvalue weighted by Crippen LogP contribution is 2.17. The number of hydrogen-bond donors (Lipinski definition) is 1. The van der Waals surface area contributed by atoms with Gasteiger partial charge in [0.15, 0.2) is 0 Å². The molecule has 0 amide bonds. The van der Waals surface area contributed by atoms with Crippen LogP contribution in [0.15, 0.2) is 28.7 Å². The third-order valence-electron chi connectivity index (χ3n) is 2.40. The largest absolute Gasteiger partial charge is 0.380 e. The molecule has 0 spiro atoms. The number of nitrogens with one attached hydrogen (secondary N) is 1. The Morgan fingerprint density at radius 3 is 2.50 bits per heavy atom. The zero-order chi connectivity index (χ0) is 11.8. The Bertz CT molecular complexity index is 278. The van der Waals surface area contributed by atoms with Gasteiger partial charge in [0, 0.05) is 11.1 Å². The minimum atomic E-state index is 0.299. The minimum Gasteiger partial charge on any atom is -0.380 e. The first-order valence-electron chi connectivity index (χ1n) is 5.84. The van der Waals surface area contributed by atoms with Crippen LogP contribution in [0, 0.1) is 0 Å². The normalized spacial score (nSPS) is 12.7. The number of ether oxygens (including phenoxy) is 1. The molecule has 2 nitrogen and oxygen atoms in total. The quantitative estimate of drug-likeness (QED) is 0.828. The van der Waals surface area contributed by atoms with Crippen molar-refractivity contribution in [3.8, 4) is 0 Å². The third kappa shape index (κ3) is 4.64. The highest BCUT2D eigenvalue weighted by atomic mass is 79.9. The zero-order valence-electron chi connectivity index (χ0n) is 10.0. The first kappa shape index (κ1) is 13.7. The van der Waals surface area contributed by atoms with Crippen LogP contribution in [0.2, 0.25) is 0 Å². The van der Waals surface area contributed by atoms with E-state index < -0.39 is 0 Å². The highest BCUT2D eigenvalue weighted by molar-refractivity contribution is 9.10. The molecule has 0 heterocycles. The maximum Gasteiger partial charge on any atom is 0.0661 e. The molecule has 0 aliphatic heterocycles. The van der Waals surface area contributed by atoms with E-state index in [1.165, 1.54) is 5.56 Å². The van der Waals surface area contributed by atoms with Crippen molar-refractivity contribution in [3.05, 3.63) is 34.3 Å². The maximum atomic E-state index is 5.50. The first-order chi connectivity index (χ1) is 7.77. The van der Waals surface area contributed by atoms with Crippen molar-refractivity contribution in [2.75, 3.05) is 19.8 Å². The third-order valence-corrected chi connectivity index (χ3v) is 2.93. The molecule has 0 bridgehead atoms. The molecule has 3 heteroatoms. The molecule has 1 aromatic carbocycles. The van der Waals surface area contributed by atoms with Crippen molar-refractivity contribution in [1.82, 2.24) is 5.32 Å². The van der Waals surface area contributed by atoms with Crippen LogP contribution in [0.3, 0.4) is 0 Å². The summed E-state index contributed by atoms with van der Waals surface area (Å²) in [6, 6.07) is 8.71. The van der Waals surface area contributed by atoms with E-state index in [0.29, 0.717) is 6.04 Å². The molecule has 1 rings (SSSR count). The van der Waals surface area contributed by atoms with Crippen LogP contribution in [-0.4, -0.2) is 19.8 Å². The Morgan fingerprint density at radius 1 is 1.25 bits per heavy atom. The Morgan fingerprint density at radius 2 is 1.94 bits per heavy atom. The van der Waals surface area contributed by atoms with E-state index in [1.807, 2.05) is 6.92 Å². The monoisotopic (exact) mass is 285 g/mol. The van der Waals surface area contributed by atoms with Crippen LogP contribution in [0.4, 0.5) is 0 Å². The fraction of sp³-hybridized carbons (Fsp3) is 0.538. The average molecular weight is 286 g/mol. The molecule has 0 saturated carbocycles. The highest BCUT2D eigenvalue weighted by Gasteiger charge is 2.09. The van der Waals surface area contributed by atoms with Crippen LogP contribution in [0.25, 0.3) is 0 Å². The van der Waals surface area contributed by atoms with Crippen molar-refractivity contribution >= 4 is 15.9 Å². The molecule has 0 radical (unpaired) electrons.